The molecule has 0 aliphatic carbocycles. The first kappa shape index (κ1) is 30.0. The van der Waals surface area contributed by atoms with Crippen LogP contribution >= 0.6 is 11.3 Å². The lowest BCUT2D eigenvalue weighted by Crippen LogP contribution is -2.49. The molecule has 1 aliphatic rings. The predicted octanol–water partition coefficient (Wildman–Crippen LogP) is 4.18. The lowest BCUT2D eigenvalue weighted by Gasteiger charge is -2.36. The lowest BCUT2D eigenvalue weighted by molar-refractivity contribution is -0.665. The molecule has 1 aromatic heterocycles. The molecule has 3 aromatic carbocycles. The van der Waals surface area contributed by atoms with E-state index < -0.39 is 20.4 Å². The monoisotopic (exact) mass is 602 g/mol. The second-order valence-corrected chi connectivity index (χ2v) is 13.1. The van der Waals surface area contributed by atoms with E-state index in [1.54, 1.807) is 39.9 Å². The first-order chi connectivity index (χ1) is 19.0. The number of nitrogens with zero attached hydrogens (tertiary/aromatic N) is 2. The van der Waals surface area contributed by atoms with Gasteiger partial charge in [0.25, 0.3) is 5.01 Å². The van der Waals surface area contributed by atoms with Crippen LogP contribution in [-0.4, -0.2) is 38.8 Å². The minimum absolute atomic E-state index is 0.299. The average Bonchev–Trinajstić information content (AvgIpc) is 3.29. The normalized spacial score (nSPS) is 17.5. The molecular formula is C28H30N2O7S3. The molecule has 9 nitrogen and oxygen atoms in total. The molecule has 0 saturated heterocycles. The number of rotatable bonds is 7. The Morgan fingerprint density at radius 1 is 0.925 bits per heavy atom. The lowest BCUT2D eigenvalue weighted by atomic mass is 10.0. The van der Waals surface area contributed by atoms with Crippen molar-refractivity contribution in [1.29, 1.82) is 0 Å². The first-order valence-electron chi connectivity index (χ1n) is 12.3. The van der Waals surface area contributed by atoms with Gasteiger partial charge in [0.2, 0.25) is 26.1 Å². The fourth-order valence-electron chi connectivity index (χ4n) is 4.43. The Bertz CT molecular complexity index is 1630. The maximum absolute atomic E-state index is 13.7. The average molecular weight is 603 g/mol. The van der Waals surface area contributed by atoms with Gasteiger partial charge in [0.05, 0.1) is 30.2 Å². The zero-order valence-corrected chi connectivity index (χ0v) is 24.7. The van der Waals surface area contributed by atoms with Crippen LogP contribution in [0, 0.1) is 0 Å². The van der Waals surface area contributed by atoms with Crippen LogP contribution in [0.1, 0.15) is 29.2 Å². The summed E-state index contributed by atoms with van der Waals surface area (Å²) in [5.41, 5.74) is 3.14. The van der Waals surface area contributed by atoms with Gasteiger partial charge in [-0.1, -0.05) is 78.1 Å². The van der Waals surface area contributed by atoms with Crippen LogP contribution < -0.4 is 4.57 Å². The quantitative estimate of drug-likeness (QED) is 0.177. The molecule has 0 saturated carbocycles. The molecule has 0 radical (unpaired) electrons. The van der Waals surface area contributed by atoms with Gasteiger partial charge in [-0.3, -0.25) is 4.18 Å². The number of hydrogen-bond donors (Lipinski definition) is 0. The standard InChI is InChI=1S/C27H27N2O3S2.CH4O4S/c1-20-25(32-19-21-12-6-3-7-13-21)26-24(28(2)27(33-26)22-14-8-4-9-15-22)18-29(20)34(30,31)23-16-10-5-11-17-23;1-5-6(2,3)4/h3-17,20,25H,18-19H2,1-2H3;1H3,(H,2,3,4)/q+1;/p-1/t20-,25+;/m0./s1. The van der Waals surface area contributed by atoms with Gasteiger partial charge < -0.3 is 9.29 Å². The topological polar surface area (TPSA) is 117 Å². The summed E-state index contributed by atoms with van der Waals surface area (Å²) < 4.78 is 68.5. The second kappa shape index (κ2) is 12.7. The molecule has 0 N–H and O–H groups in total. The van der Waals surface area contributed by atoms with Gasteiger partial charge in [-0.15, -0.1) is 0 Å². The van der Waals surface area contributed by atoms with E-state index in [4.69, 9.17) is 4.74 Å². The van der Waals surface area contributed by atoms with Crippen molar-refractivity contribution in [3.63, 3.8) is 0 Å². The molecule has 212 valence electrons. The smallest absolute Gasteiger partial charge is 0.269 e. The van der Waals surface area contributed by atoms with Crippen LogP contribution in [0.2, 0.25) is 0 Å². The first-order valence-corrected chi connectivity index (χ1v) is 15.9. The van der Waals surface area contributed by atoms with Gasteiger partial charge >= 0.3 is 0 Å². The van der Waals surface area contributed by atoms with E-state index in [1.807, 2.05) is 68.6 Å². The van der Waals surface area contributed by atoms with Gasteiger partial charge in [0, 0.05) is 0 Å². The van der Waals surface area contributed by atoms with Crippen LogP contribution in [0.25, 0.3) is 10.6 Å². The number of fused-ring (bicyclic) bond motifs is 1. The largest absolute Gasteiger partial charge is 0.726 e. The number of hydrogen-bond acceptors (Lipinski definition) is 8. The molecule has 12 heteroatoms. The number of sulfonamides is 1. The third kappa shape index (κ3) is 6.84. The molecule has 0 amide bonds. The van der Waals surface area contributed by atoms with E-state index in [0.29, 0.717) is 18.0 Å². The molecule has 0 spiro atoms. The van der Waals surface area contributed by atoms with Crippen molar-refractivity contribution >= 4 is 31.8 Å². The highest BCUT2D eigenvalue weighted by Crippen LogP contribution is 2.42. The molecule has 0 unspecified atom stereocenters. The van der Waals surface area contributed by atoms with E-state index in [1.165, 1.54) is 0 Å². The van der Waals surface area contributed by atoms with E-state index >= 15 is 0 Å². The van der Waals surface area contributed by atoms with Crippen molar-refractivity contribution in [1.82, 2.24) is 4.31 Å². The van der Waals surface area contributed by atoms with Crippen molar-refractivity contribution < 1.29 is 34.9 Å². The molecule has 0 bridgehead atoms. The summed E-state index contributed by atoms with van der Waals surface area (Å²) in [6.07, 6.45) is -0.379. The molecule has 2 heterocycles. The van der Waals surface area contributed by atoms with Crippen molar-refractivity contribution in [2.45, 2.75) is 37.1 Å². The third-order valence-electron chi connectivity index (χ3n) is 6.50. The Balaban J connectivity index is 0.000000557. The summed E-state index contributed by atoms with van der Waals surface area (Å²) in [4.78, 5) is 1.39. The maximum atomic E-state index is 13.7. The number of ether oxygens (including phenoxy) is 1. The molecule has 0 fully saturated rings. The van der Waals surface area contributed by atoms with Crippen LogP contribution in [0.4, 0.5) is 0 Å². The van der Waals surface area contributed by atoms with Crippen molar-refractivity contribution in [3.05, 3.63) is 107 Å². The highest BCUT2D eigenvalue weighted by atomic mass is 32.3. The minimum Gasteiger partial charge on any atom is -0.726 e. The summed E-state index contributed by atoms with van der Waals surface area (Å²) in [6.45, 7) is 2.66. The molecular weight excluding hydrogens is 573 g/mol. The van der Waals surface area contributed by atoms with Crippen molar-refractivity contribution in [2.75, 3.05) is 7.11 Å². The Morgan fingerprint density at radius 2 is 1.45 bits per heavy atom. The van der Waals surface area contributed by atoms with E-state index in [-0.39, 0.29) is 12.1 Å². The molecule has 5 rings (SSSR count). The van der Waals surface area contributed by atoms with E-state index in [0.717, 1.165) is 33.8 Å². The van der Waals surface area contributed by atoms with Gasteiger partial charge in [-0.05, 0) is 36.8 Å². The van der Waals surface area contributed by atoms with Crippen molar-refractivity contribution in [2.24, 2.45) is 7.05 Å². The maximum Gasteiger partial charge on any atom is 0.269 e. The van der Waals surface area contributed by atoms with Gasteiger partial charge in [0.15, 0.2) is 0 Å². The molecule has 1 aliphatic heterocycles. The third-order valence-corrected chi connectivity index (χ3v) is 10.3. The van der Waals surface area contributed by atoms with Crippen molar-refractivity contribution in [3.8, 4) is 10.6 Å². The van der Waals surface area contributed by atoms with Crippen LogP contribution in [0.5, 0.6) is 0 Å². The Labute approximate surface area is 239 Å². The highest BCUT2D eigenvalue weighted by molar-refractivity contribution is 7.89. The number of aromatic nitrogens is 1. The SMILES string of the molecule is COS(=O)(=O)[O-].C[C@H]1[C@@H](OCc2ccccc2)c2sc(-c3ccccc3)[n+](C)c2CN1S(=O)(=O)c1ccccc1. The van der Waals surface area contributed by atoms with Crippen LogP contribution in [-0.2, 0) is 49.5 Å². The van der Waals surface area contributed by atoms with E-state index in [2.05, 4.69) is 20.9 Å². The second-order valence-electron chi connectivity index (χ2n) is 9.04. The number of thiazole rings is 1. The van der Waals surface area contributed by atoms with E-state index in [9.17, 15) is 21.4 Å². The fraction of sp³-hybridized carbons (Fsp3) is 0.250. The summed E-state index contributed by atoms with van der Waals surface area (Å²) >= 11 is 1.69. The molecule has 4 aromatic rings. The Morgan fingerprint density at radius 3 is 2.00 bits per heavy atom. The zero-order valence-electron chi connectivity index (χ0n) is 22.2. The fourth-order valence-corrected chi connectivity index (χ4v) is 7.45. The summed E-state index contributed by atoms with van der Waals surface area (Å²) in [7, 11) is -5.29. The summed E-state index contributed by atoms with van der Waals surface area (Å²) in [5.74, 6) is 0. The van der Waals surface area contributed by atoms with Gasteiger partial charge in [-0.25, -0.2) is 16.8 Å². The summed E-state index contributed by atoms with van der Waals surface area (Å²) in [6, 6.07) is 28.5. The number of benzene rings is 3. The summed E-state index contributed by atoms with van der Waals surface area (Å²) in [5, 5.41) is 1.09. The van der Waals surface area contributed by atoms with Gasteiger partial charge in [0.1, 0.15) is 24.6 Å². The Hall–Kier alpha value is -2.97. The minimum atomic E-state index is -4.41. The Kier molecular flexibility index (Phi) is 9.52. The highest BCUT2D eigenvalue weighted by Gasteiger charge is 2.46. The van der Waals surface area contributed by atoms with Crippen LogP contribution in [0.15, 0.2) is 95.9 Å². The zero-order chi connectivity index (χ0) is 28.9. The molecule has 2 atom stereocenters. The van der Waals surface area contributed by atoms with Crippen LogP contribution in [0.3, 0.4) is 0 Å². The predicted molar refractivity (Wildman–Crippen MR) is 150 cm³/mol. The van der Waals surface area contributed by atoms with Gasteiger partial charge in [-0.2, -0.15) is 8.87 Å². The molecule has 40 heavy (non-hydrogen) atoms.